The van der Waals surface area contributed by atoms with Crippen molar-refractivity contribution in [3.8, 4) is 23.0 Å². The number of halogens is 1. The summed E-state index contributed by atoms with van der Waals surface area (Å²) in [6, 6.07) is 9.84. The average molecular weight is 862 g/mol. The van der Waals surface area contributed by atoms with Gasteiger partial charge in [-0.3, -0.25) is 0 Å². The molecule has 0 radical (unpaired) electrons. The SMILES string of the molecule is C/C=C(\C)Cl.C=CCC.CCC(C)C.CCCC.CCCCN1c2cc(OCCCN(CC)CC)cc(OCCCN(CC)CC)c2NCC1c1ccc(OCC)cc1O. The second kappa shape index (κ2) is 38.8. The Morgan fingerprint density at radius 1 is 0.833 bits per heavy atom. The van der Waals surface area contributed by atoms with Crippen molar-refractivity contribution in [2.24, 2.45) is 5.92 Å². The molecule has 1 heterocycles. The van der Waals surface area contributed by atoms with E-state index >= 15 is 0 Å². The van der Waals surface area contributed by atoms with Crippen LogP contribution in [0.15, 0.2) is 54.1 Å². The number of rotatable bonds is 23. The number of unbranched alkanes of at least 4 members (excludes halogenated alkanes) is 2. The van der Waals surface area contributed by atoms with Crippen LogP contribution in [0.1, 0.15) is 160 Å². The van der Waals surface area contributed by atoms with E-state index in [0.29, 0.717) is 32.1 Å². The molecule has 0 aromatic heterocycles. The molecule has 3 rings (SSSR count). The minimum absolute atomic E-state index is 0.0341. The van der Waals surface area contributed by atoms with Crippen molar-refractivity contribution < 1.29 is 19.3 Å². The molecule has 0 saturated heterocycles. The zero-order valence-corrected chi connectivity index (χ0v) is 42.0. The van der Waals surface area contributed by atoms with Crippen LogP contribution in [0.3, 0.4) is 0 Å². The van der Waals surface area contributed by atoms with Gasteiger partial charge in [-0.05, 0) is 90.7 Å². The lowest BCUT2D eigenvalue weighted by Gasteiger charge is -2.41. The van der Waals surface area contributed by atoms with E-state index in [1.54, 1.807) is 6.07 Å². The summed E-state index contributed by atoms with van der Waals surface area (Å²) >= 11 is 5.32. The number of allylic oxidation sites excluding steroid dienone is 3. The number of fused-ring (bicyclic) bond motifs is 1. The molecule has 8 nitrogen and oxygen atoms in total. The Morgan fingerprint density at radius 2 is 1.37 bits per heavy atom. The van der Waals surface area contributed by atoms with Crippen molar-refractivity contribution >= 4 is 23.0 Å². The molecule has 2 N–H and O–H groups in total. The number of anilines is 2. The van der Waals surface area contributed by atoms with E-state index in [4.69, 9.17) is 25.8 Å². The Balaban J connectivity index is 0. The summed E-state index contributed by atoms with van der Waals surface area (Å²) in [7, 11) is 0. The number of phenols is 1. The van der Waals surface area contributed by atoms with Crippen LogP contribution in [0.2, 0.25) is 0 Å². The number of aromatic hydroxyl groups is 1. The van der Waals surface area contributed by atoms with Crippen LogP contribution < -0.4 is 24.4 Å². The number of phenolic OH excluding ortho intramolecular Hbond substituents is 1. The largest absolute Gasteiger partial charge is 0.507 e. The normalized spacial score (nSPS) is 13.0. The van der Waals surface area contributed by atoms with Gasteiger partial charge < -0.3 is 39.3 Å². The third kappa shape index (κ3) is 26.3. The first kappa shape index (κ1) is 59.0. The minimum Gasteiger partial charge on any atom is -0.507 e. The lowest BCUT2D eigenvalue weighted by molar-refractivity contribution is 0.243. The smallest absolute Gasteiger partial charge is 0.148 e. The third-order valence-electron chi connectivity index (χ3n) is 10.2. The highest BCUT2D eigenvalue weighted by atomic mass is 35.5. The molecular weight excluding hydrogens is 768 g/mol. The van der Waals surface area contributed by atoms with Crippen LogP contribution in [0.5, 0.6) is 23.0 Å². The second-order valence-electron chi connectivity index (χ2n) is 15.2. The van der Waals surface area contributed by atoms with E-state index in [-0.39, 0.29) is 11.8 Å². The first-order valence-corrected chi connectivity index (χ1v) is 24.0. The van der Waals surface area contributed by atoms with Gasteiger partial charge in [-0.25, -0.2) is 0 Å². The maximum absolute atomic E-state index is 11.0. The molecule has 1 atom stereocenters. The van der Waals surface area contributed by atoms with Gasteiger partial charge in [-0.2, -0.15) is 0 Å². The Kier molecular flexibility index (Phi) is 38.2. The summed E-state index contributed by atoms with van der Waals surface area (Å²) in [6.07, 6.45) is 12.8. The van der Waals surface area contributed by atoms with Crippen LogP contribution >= 0.6 is 11.6 Å². The fourth-order valence-corrected chi connectivity index (χ4v) is 5.63. The van der Waals surface area contributed by atoms with Crippen molar-refractivity contribution in [1.29, 1.82) is 0 Å². The predicted molar refractivity (Wildman–Crippen MR) is 266 cm³/mol. The number of hydrogen-bond donors (Lipinski definition) is 2. The lowest BCUT2D eigenvalue weighted by Crippen LogP contribution is -2.38. The van der Waals surface area contributed by atoms with Crippen LogP contribution in [0.4, 0.5) is 11.4 Å². The van der Waals surface area contributed by atoms with Gasteiger partial charge in [0.15, 0.2) is 0 Å². The zero-order valence-electron chi connectivity index (χ0n) is 41.2. The first-order chi connectivity index (χ1) is 28.9. The van der Waals surface area contributed by atoms with E-state index in [0.717, 1.165) is 117 Å². The molecule has 0 amide bonds. The van der Waals surface area contributed by atoms with Crippen molar-refractivity contribution in [2.75, 3.05) is 82.4 Å². The van der Waals surface area contributed by atoms with Crippen LogP contribution in [0, 0.1) is 5.92 Å². The number of nitrogens with zero attached hydrogens (tertiary/aromatic N) is 3. The van der Waals surface area contributed by atoms with Crippen molar-refractivity contribution in [1.82, 2.24) is 9.80 Å². The molecule has 0 spiro atoms. The summed E-state index contributed by atoms with van der Waals surface area (Å²) in [4.78, 5) is 7.26. The van der Waals surface area contributed by atoms with Crippen LogP contribution in [0.25, 0.3) is 0 Å². The highest BCUT2D eigenvalue weighted by Crippen LogP contribution is 2.47. The molecule has 9 heteroatoms. The summed E-state index contributed by atoms with van der Waals surface area (Å²) in [5, 5.41) is 15.6. The van der Waals surface area contributed by atoms with Crippen molar-refractivity contribution in [3.05, 3.63) is 59.7 Å². The van der Waals surface area contributed by atoms with Gasteiger partial charge in [-0.1, -0.05) is 126 Å². The van der Waals surface area contributed by atoms with E-state index < -0.39 is 0 Å². The minimum atomic E-state index is -0.0341. The molecular formula is C51H93ClN4O4. The summed E-state index contributed by atoms with van der Waals surface area (Å²) < 4.78 is 18.4. The Bertz CT molecular complexity index is 1340. The summed E-state index contributed by atoms with van der Waals surface area (Å²) in [5.41, 5.74) is 2.96. The van der Waals surface area contributed by atoms with Crippen LogP contribution in [-0.2, 0) is 0 Å². The summed E-state index contributed by atoms with van der Waals surface area (Å²) in [6.45, 7) is 42.9. The topological polar surface area (TPSA) is 69.7 Å². The average Bonchev–Trinajstić information content (AvgIpc) is 3.26. The van der Waals surface area contributed by atoms with Gasteiger partial charge in [0, 0.05) is 55.0 Å². The van der Waals surface area contributed by atoms with E-state index in [1.165, 1.54) is 19.3 Å². The first-order valence-electron chi connectivity index (χ1n) is 23.6. The summed E-state index contributed by atoms with van der Waals surface area (Å²) in [5.74, 6) is 3.49. The van der Waals surface area contributed by atoms with Crippen molar-refractivity contribution in [3.63, 3.8) is 0 Å². The van der Waals surface area contributed by atoms with Gasteiger partial charge in [-0.15, -0.1) is 6.58 Å². The van der Waals surface area contributed by atoms with E-state index in [1.807, 2.05) is 51.1 Å². The molecule has 1 aliphatic rings. The number of ether oxygens (including phenoxy) is 3. The molecule has 2 aromatic carbocycles. The predicted octanol–water partition coefficient (Wildman–Crippen LogP) is 14.4. The van der Waals surface area contributed by atoms with Gasteiger partial charge in [0.2, 0.25) is 0 Å². The Labute approximate surface area is 376 Å². The molecule has 0 bridgehead atoms. The van der Waals surface area contributed by atoms with Gasteiger partial charge in [0.25, 0.3) is 0 Å². The van der Waals surface area contributed by atoms with Gasteiger partial charge in [0.05, 0.1) is 31.5 Å². The molecule has 2 aromatic rings. The lowest BCUT2D eigenvalue weighted by atomic mass is 9.98. The number of hydrogen-bond acceptors (Lipinski definition) is 8. The Hall–Kier alpha value is -3.07. The van der Waals surface area contributed by atoms with E-state index in [2.05, 4.69) is 109 Å². The number of nitrogens with one attached hydrogen (secondary N) is 1. The fraction of sp³-hybridized carbons (Fsp3) is 0.686. The van der Waals surface area contributed by atoms with Crippen molar-refractivity contribution in [2.45, 2.75) is 154 Å². The standard InChI is InChI=1S/C34H56N4O4.C5H12.C4H7Cl.C4H10.C4H8/c1-7-13-20-38-30-23-28(41-21-14-18-36(8-2)9-3)25-33(42-22-15-19-37(10-4)11-5)34(30)35-26-31(38)29-17-16-27(40-12-6)24-32(29)39;1-4-5(2)3;1-3-4(2)5;2*1-3-4-2/h16-17,23-25,31,35,39H,7-15,18-22,26H2,1-6H3;5H,4H2,1-3H3;3H,1-2H3;3-4H2,1-2H3;3H,1,4H2,2H3/b;;4-3+;;. The molecule has 1 aliphatic heterocycles. The zero-order chi connectivity index (χ0) is 45.7. The van der Waals surface area contributed by atoms with Gasteiger partial charge in [0.1, 0.15) is 28.7 Å². The quantitative estimate of drug-likeness (QED) is 0.0846. The fourth-order valence-electron chi connectivity index (χ4n) is 5.63. The maximum atomic E-state index is 11.0. The molecule has 0 saturated carbocycles. The van der Waals surface area contributed by atoms with Gasteiger partial charge >= 0.3 is 0 Å². The molecule has 0 aliphatic carbocycles. The highest BCUT2D eigenvalue weighted by molar-refractivity contribution is 6.29. The van der Waals surface area contributed by atoms with Crippen LogP contribution in [-0.4, -0.2) is 87.1 Å². The maximum Gasteiger partial charge on any atom is 0.148 e. The molecule has 60 heavy (non-hydrogen) atoms. The highest BCUT2D eigenvalue weighted by Gasteiger charge is 2.32. The van der Waals surface area contributed by atoms with E-state index in [9.17, 15) is 5.11 Å². The Morgan fingerprint density at radius 3 is 1.78 bits per heavy atom. The molecule has 1 unspecified atom stereocenters. The third-order valence-corrected chi connectivity index (χ3v) is 10.4. The molecule has 348 valence electrons. The second-order valence-corrected chi connectivity index (χ2v) is 15.8. The number of benzene rings is 2. The monoisotopic (exact) mass is 861 g/mol. The molecule has 0 fully saturated rings.